The van der Waals surface area contributed by atoms with Gasteiger partial charge >= 0.3 is 5.69 Å². The maximum Gasteiger partial charge on any atom is 0.334 e. The van der Waals surface area contributed by atoms with E-state index in [2.05, 4.69) is 24.3 Å². The van der Waals surface area contributed by atoms with E-state index in [1.807, 2.05) is 13.8 Å². The molecule has 1 N–H and O–H groups in total. The average molecular weight is 240 g/mol. The summed E-state index contributed by atoms with van der Waals surface area (Å²) in [6, 6.07) is 0. The third-order valence-electron chi connectivity index (χ3n) is 2.46. The minimum absolute atomic E-state index is 0.0381. The van der Waals surface area contributed by atoms with Crippen LogP contribution in [-0.2, 0) is 7.05 Å². The fourth-order valence-electron chi connectivity index (χ4n) is 1.60. The normalized spacial score (nSPS) is 11.2. The predicted octanol–water partition coefficient (Wildman–Crippen LogP) is 2.52. The van der Waals surface area contributed by atoms with Crippen molar-refractivity contribution in [3.8, 4) is 0 Å². The van der Waals surface area contributed by atoms with Gasteiger partial charge in [0, 0.05) is 19.5 Å². The molecule has 0 atom stereocenters. The number of rotatable bonds is 5. The van der Waals surface area contributed by atoms with E-state index in [1.165, 1.54) is 0 Å². The molecule has 0 aliphatic rings. The van der Waals surface area contributed by atoms with Crippen LogP contribution in [0.5, 0.6) is 0 Å². The molecule has 0 fully saturated rings. The van der Waals surface area contributed by atoms with Gasteiger partial charge in [-0.3, -0.25) is 10.1 Å². The minimum Gasteiger partial charge on any atom is -0.364 e. The first-order chi connectivity index (χ1) is 7.84. The van der Waals surface area contributed by atoms with Crippen molar-refractivity contribution in [3.05, 3.63) is 15.8 Å². The topological polar surface area (TPSA) is 73.0 Å². The summed E-state index contributed by atoms with van der Waals surface area (Å²) in [5.41, 5.74) is 0.631. The van der Waals surface area contributed by atoms with E-state index in [-0.39, 0.29) is 16.5 Å². The molecule has 1 aromatic rings. The van der Waals surface area contributed by atoms with Crippen LogP contribution in [0.2, 0.25) is 0 Å². The van der Waals surface area contributed by atoms with Crippen LogP contribution in [0.4, 0.5) is 11.5 Å². The Kier molecular flexibility index (Phi) is 4.09. The van der Waals surface area contributed by atoms with Crippen LogP contribution in [0.3, 0.4) is 0 Å². The van der Waals surface area contributed by atoms with Crippen molar-refractivity contribution in [2.75, 3.05) is 11.9 Å². The molecule has 1 rings (SSSR count). The molecule has 0 unspecified atom stereocenters. The monoisotopic (exact) mass is 240 g/mol. The zero-order valence-electron chi connectivity index (χ0n) is 11.0. The van der Waals surface area contributed by atoms with Gasteiger partial charge in [0.2, 0.25) is 5.82 Å². The molecular formula is C11H20N4O2. The minimum atomic E-state index is -0.356. The number of aromatic nitrogens is 2. The summed E-state index contributed by atoms with van der Waals surface area (Å²) in [6.07, 6.45) is 0. The molecule has 1 aromatic heterocycles. The van der Waals surface area contributed by atoms with Gasteiger partial charge in [-0.05, 0) is 5.92 Å². The van der Waals surface area contributed by atoms with Crippen LogP contribution < -0.4 is 5.32 Å². The standard InChI is InChI=1S/C11H20N4O2/c1-7(2)6-12-11-10(15(16)17)9(8(3)4)13-14(11)5/h7-8,12H,6H2,1-5H3. The van der Waals surface area contributed by atoms with Crippen molar-refractivity contribution in [1.82, 2.24) is 9.78 Å². The summed E-state index contributed by atoms with van der Waals surface area (Å²) in [6.45, 7) is 8.61. The second-order valence-corrected chi connectivity index (χ2v) is 4.89. The molecule has 0 spiro atoms. The molecule has 17 heavy (non-hydrogen) atoms. The van der Waals surface area contributed by atoms with Crippen LogP contribution >= 0.6 is 0 Å². The summed E-state index contributed by atoms with van der Waals surface area (Å²) in [7, 11) is 1.72. The summed E-state index contributed by atoms with van der Waals surface area (Å²) >= 11 is 0. The highest BCUT2D eigenvalue weighted by molar-refractivity contribution is 5.60. The Morgan fingerprint density at radius 3 is 2.41 bits per heavy atom. The van der Waals surface area contributed by atoms with Crippen molar-refractivity contribution in [3.63, 3.8) is 0 Å². The van der Waals surface area contributed by atoms with Gasteiger partial charge in [-0.15, -0.1) is 0 Å². The smallest absolute Gasteiger partial charge is 0.334 e. The largest absolute Gasteiger partial charge is 0.364 e. The molecule has 0 saturated carbocycles. The molecule has 1 heterocycles. The van der Waals surface area contributed by atoms with Crippen LogP contribution in [0.25, 0.3) is 0 Å². The maximum atomic E-state index is 11.1. The van der Waals surface area contributed by atoms with Gasteiger partial charge in [-0.25, -0.2) is 4.68 Å². The lowest BCUT2D eigenvalue weighted by molar-refractivity contribution is -0.384. The van der Waals surface area contributed by atoms with Gasteiger partial charge in [-0.1, -0.05) is 27.7 Å². The Morgan fingerprint density at radius 2 is 2.00 bits per heavy atom. The van der Waals surface area contributed by atoms with Gasteiger partial charge in [0.05, 0.1) is 4.92 Å². The number of nitro groups is 1. The summed E-state index contributed by atoms with van der Waals surface area (Å²) in [5, 5.41) is 18.4. The molecule has 96 valence electrons. The van der Waals surface area contributed by atoms with E-state index < -0.39 is 0 Å². The fourth-order valence-corrected chi connectivity index (χ4v) is 1.60. The summed E-state index contributed by atoms with van der Waals surface area (Å²) in [5.74, 6) is 0.954. The fraction of sp³-hybridized carbons (Fsp3) is 0.727. The first kappa shape index (κ1) is 13.5. The Hall–Kier alpha value is -1.59. The van der Waals surface area contributed by atoms with E-state index in [0.717, 1.165) is 0 Å². The first-order valence-corrected chi connectivity index (χ1v) is 5.79. The number of hydrogen-bond donors (Lipinski definition) is 1. The molecule has 0 aliphatic carbocycles. The zero-order chi connectivity index (χ0) is 13.2. The Bertz CT molecular complexity index is 410. The molecule has 0 saturated heterocycles. The number of anilines is 1. The number of hydrogen-bond acceptors (Lipinski definition) is 4. The Balaban J connectivity index is 3.14. The van der Waals surface area contributed by atoms with Gasteiger partial charge < -0.3 is 5.32 Å². The van der Waals surface area contributed by atoms with Gasteiger partial charge in [0.1, 0.15) is 5.69 Å². The second kappa shape index (κ2) is 5.16. The highest BCUT2D eigenvalue weighted by atomic mass is 16.6. The van der Waals surface area contributed by atoms with Gasteiger partial charge in [0.25, 0.3) is 0 Å². The van der Waals surface area contributed by atoms with Crippen LogP contribution in [0.15, 0.2) is 0 Å². The summed E-state index contributed by atoms with van der Waals surface area (Å²) in [4.78, 5) is 10.8. The van der Waals surface area contributed by atoms with E-state index >= 15 is 0 Å². The Morgan fingerprint density at radius 1 is 1.41 bits per heavy atom. The van der Waals surface area contributed by atoms with E-state index in [9.17, 15) is 10.1 Å². The van der Waals surface area contributed by atoms with Crippen LogP contribution in [0, 0.1) is 16.0 Å². The average Bonchev–Trinajstić information content (AvgIpc) is 2.52. The highest BCUT2D eigenvalue weighted by Gasteiger charge is 2.28. The van der Waals surface area contributed by atoms with E-state index in [1.54, 1.807) is 11.7 Å². The van der Waals surface area contributed by atoms with E-state index in [4.69, 9.17) is 0 Å². The molecule has 0 aliphatic heterocycles. The van der Waals surface area contributed by atoms with Crippen molar-refractivity contribution in [1.29, 1.82) is 0 Å². The lowest BCUT2D eigenvalue weighted by Gasteiger charge is -2.08. The molecule has 0 bridgehead atoms. The predicted molar refractivity (Wildman–Crippen MR) is 67.3 cm³/mol. The first-order valence-electron chi connectivity index (χ1n) is 5.79. The summed E-state index contributed by atoms with van der Waals surface area (Å²) < 4.78 is 1.55. The SMILES string of the molecule is CC(C)CNc1c([N+](=O)[O-])c(C(C)C)nn1C. The van der Waals surface area contributed by atoms with Crippen molar-refractivity contribution in [2.24, 2.45) is 13.0 Å². The lowest BCUT2D eigenvalue weighted by Crippen LogP contribution is -2.12. The van der Waals surface area contributed by atoms with Crippen LogP contribution in [-0.4, -0.2) is 21.2 Å². The lowest BCUT2D eigenvalue weighted by atomic mass is 10.1. The van der Waals surface area contributed by atoms with Gasteiger partial charge in [0.15, 0.2) is 0 Å². The van der Waals surface area contributed by atoms with Crippen LogP contribution in [0.1, 0.15) is 39.3 Å². The molecule has 0 amide bonds. The van der Waals surface area contributed by atoms with Crippen molar-refractivity contribution in [2.45, 2.75) is 33.6 Å². The number of nitrogens with zero attached hydrogens (tertiary/aromatic N) is 3. The molecule has 0 radical (unpaired) electrons. The molecule has 6 heteroatoms. The maximum absolute atomic E-state index is 11.1. The van der Waals surface area contributed by atoms with E-state index in [0.29, 0.717) is 24.0 Å². The molecular weight excluding hydrogens is 220 g/mol. The quantitative estimate of drug-likeness (QED) is 0.634. The highest BCUT2D eigenvalue weighted by Crippen LogP contribution is 2.32. The molecule has 6 nitrogen and oxygen atoms in total. The second-order valence-electron chi connectivity index (χ2n) is 4.89. The number of aryl methyl sites for hydroxylation is 1. The van der Waals surface area contributed by atoms with Crippen molar-refractivity contribution < 1.29 is 4.92 Å². The number of nitrogens with one attached hydrogen (secondary N) is 1. The zero-order valence-corrected chi connectivity index (χ0v) is 11.0. The third-order valence-corrected chi connectivity index (χ3v) is 2.46. The van der Waals surface area contributed by atoms with Crippen molar-refractivity contribution >= 4 is 11.5 Å². The molecule has 0 aromatic carbocycles. The van der Waals surface area contributed by atoms with Gasteiger partial charge in [-0.2, -0.15) is 5.10 Å². The third kappa shape index (κ3) is 2.95. The Labute approximate surface area is 101 Å².